The Morgan fingerprint density at radius 3 is 2.42 bits per heavy atom. The minimum Gasteiger partial charge on any atom is -0.474 e. The van der Waals surface area contributed by atoms with E-state index in [1.54, 1.807) is 19.2 Å². The topological polar surface area (TPSA) is 51.7 Å². The van der Waals surface area contributed by atoms with Crippen molar-refractivity contribution in [1.29, 1.82) is 0 Å². The van der Waals surface area contributed by atoms with Crippen molar-refractivity contribution in [1.82, 2.24) is 9.88 Å². The van der Waals surface area contributed by atoms with E-state index in [-0.39, 0.29) is 35.2 Å². The zero-order valence-electron chi connectivity index (χ0n) is 14.6. The van der Waals surface area contributed by atoms with Crippen LogP contribution >= 0.6 is 11.6 Å². The van der Waals surface area contributed by atoms with E-state index in [0.717, 1.165) is 5.56 Å². The Labute approximate surface area is 155 Å². The largest absolute Gasteiger partial charge is 0.474 e. The summed E-state index contributed by atoms with van der Waals surface area (Å²) in [5, 5.41) is 0.256. The zero-order chi connectivity index (χ0) is 19.3. The number of hydrogen-bond donors (Lipinski definition) is 0. The van der Waals surface area contributed by atoms with E-state index in [0.29, 0.717) is 5.56 Å². The number of rotatable bonds is 7. The summed E-state index contributed by atoms with van der Waals surface area (Å²) in [5.41, 5.74) is 1.09. The second-order valence-electron chi connectivity index (χ2n) is 5.86. The van der Waals surface area contributed by atoms with Crippen molar-refractivity contribution in [3.05, 3.63) is 52.7 Å². The predicted octanol–water partition coefficient (Wildman–Crippen LogP) is 4.40. The Morgan fingerprint density at radius 1 is 1.23 bits per heavy atom. The number of alkyl halides is 2. The molecular formula is C18H19ClF2N2O3. The summed E-state index contributed by atoms with van der Waals surface area (Å²) in [4.78, 5) is 18.1. The quantitative estimate of drug-likeness (QED) is 0.710. The number of benzene rings is 1. The van der Waals surface area contributed by atoms with Gasteiger partial charge in [-0.15, -0.1) is 0 Å². The number of aromatic nitrogens is 1. The third-order valence-corrected chi connectivity index (χ3v) is 3.59. The first-order valence-electron chi connectivity index (χ1n) is 7.87. The highest BCUT2D eigenvalue weighted by Gasteiger charge is 2.16. The zero-order valence-corrected chi connectivity index (χ0v) is 15.3. The Kier molecular flexibility index (Phi) is 6.74. The summed E-state index contributed by atoms with van der Waals surface area (Å²) in [5.74, 6) is 0.0633. The first-order chi connectivity index (χ1) is 12.3. The molecule has 0 aliphatic carbocycles. The monoisotopic (exact) mass is 384 g/mol. The van der Waals surface area contributed by atoms with E-state index >= 15 is 0 Å². The van der Waals surface area contributed by atoms with Crippen LogP contribution in [0.2, 0.25) is 5.02 Å². The number of amides is 1. The first-order valence-corrected chi connectivity index (χ1v) is 8.25. The van der Waals surface area contributed by atoms with Crippen molar-refractivity contribution in [3.8, 4) is 11.6 Å². The molecule has 140 valence electrons. The summed E-state index contributed by atoms with van der Waals surface area (Å²) < 4.78 is 34.0. The molecule has 1 heterocycles. The van der Waals surface area contributed by atoms with Gasteiger partial charge in [-0.2, -0.15) is 8.78 Å². The molecule has 0 bridgehead atoms. The summed E-state index contributed by atoms with van der Waals surface area (Å²) >= 11 is 6.11. The molecule has 0 spiro atoms. The fourth-order valence-electron chi connectivity index (χ4n) is 2.19. The van der Waals surface area contributed by atoms with E-state index in [2.05, 4.69) is 9.72 Å². The Morgan fingerprint density at radius 2 is 1.88 bits per heavy atom. The molecule has 8 heteroatoms. The van der Waals surface area contributed by atoms with Gasteiger partial charge < -0.3 is 14.4 Å². The second-order valence-corrected chi connectivity index (χ2v) is 6.27. The summed E-state index contributed by atoms with van der Waals surface area (Å²) in [6.45, 7) is 1.12. The van der Waals surface area contributed by atoms with Crippen LogP contribution in [-0.2, 0) is 6.54 Å². The summed E-state index contributed by atoms with van der Waals surface area (Å²) in [6, 6.07) is 7.59. The molecule has 2 aromatic rings. The number of carbonyl (C=O) groups is 1. The lowest BCUT2D eigenvalue weighted by Gasteiger charge is -2.18. The lowest BCUT2D eigenvalue weighted by Crippen LogP contribution is -2.26. The van der Waals surface area contributed by atoms with Gasteiger partial charge in [-0.05, 0) is 37.6 Å². The maximum Gasteiger partial charge on any atom is 0.387 e. The van der Waals surface area contributed by atoms with Crippen LogP contribution in [0.1, 0.15) is 29.8 Å². The van der Waals surface area contributed by atoms with Gasteiger partial charge in [-0.1, -0.05) is 23.7 Å². The van der Waals surface area contributed by atoms with Gasteiger partial charge in [0.15, 0.2) is 0 Å². The smallest absolute Gasteiger partial charge is 0.387 e. The number of hydrogen-bond acceptors (Lipinski definition) is 4. The molecule has 0 radical (unpaired) electrons. The van der Waals surface area contributed by atoms with Crippen molar-refractivity contribution in [2.75, 3.05) is 7.05 Å². The average molecular weight is 385 g/mol. The molecule has 0 saturated heterocycles. The molecule has 0 aliphatic heterocycles. The van der Waals surface area contributed by atoms with Crippen LogP contribution in [-0.4, -0.2) is 35.6 Å². The SMILES string of the molecule is CC(C)Oc1ncc(C(=O)N(C)Cc2ccc(OC(F)F)cc2)cc1Cl. The number of ether oxygens (including phenoxy) is 2. The van der Waals surface area contributed by atoms with E-state index in [9.17, 15) is 13.6 Å². The lowest BCUT2D eigenvalue weighted by molar-refractivity contribution is -0.0498. The van der Waals surface area contributed by atoms with Crippen LogP contribution in [0.25, 0.3) is 0 Å². The molecular weight excluding hydrogens is 366 g/mol. The van der Waals surface area contributed by atoms with Crippen LogP contribution in [0.3, 0.4) is 0 Å². The maximum absolute atomic E-state index is 12.5. The third-order valence-electron chi connectivity index (χ3n) is 3.32. The van der Waals surface area contributed by atoms with Crippen molar-refractivity contribution < 1.29 is 23.0 Å². The number of nitrogens with zero attached hydrogens (tertiary/aromatic N) is 2. The Bertz CT molecular complexity index is 755. The van der Waals surface area contributed by atoms with E-state index < -0.39 is 6.61 Å². The van der Waals surface area contributed by atoms with Crippen LogP contribution < -0.4 is 9.47 Å². The van der Waals surface area contributed by atoms with Crippen molar-refractivity contribution in [2.24, 2.45) is 0 Å². The third kappa shape index (κ3) is 5.56. The Hall–Kier alpha value is -2.41. The van der Waals surface area contributed by atoms with Gasteiger partial charge in [0.1, 0.15) is 10.8 Å². The fourth-order valence-corrected chi connectivity index (χ4v) is 2.41. The van der Waals surface area contributed by atoms with Gasteiger partial charge in [0.2, 0.25) is 5.88 Å². The minimum absolute atomic E-state index is 0.0643. The molecule has 1 aromatic heterocycles. The van der Waals surface area contributed by atoms with Crippen LogP contribution in [0, 0.1) is 0 Å². The van der Waals surface area contributed by atoms with E-state index in [1.165, 1.54) is 29.3 Å². The van der Waals surface area contributed by atoms with E-state index in [1.807, 2.05) is 13.8 Å². The molecule has 0 unspecified atom stereocenters. The second kappa shape index (κ2) is 8.80. The minimum atomic E-state index is -2.87. The molecule has 26 heavy (non-hydrogen) atoms. The van der Waals surface area contributed by atoms with Gasteiger partial charge in [0.05, 0.1) is 11.7 Å². The highest BCUT2D eigenvalue weighted by Crippen LogP contribution is 2.24. The molecule has 0 atom stereocenters. The maximum atomic E-state index is 12.5. The van der Waals surface area contributed by atoms with Crippen molar-refractivity contribution in [2.45, 2.75) is 33.1 Å². The fraction of sp³-hybridized carbons (Fsp3) is 0.333. The molecule has 0 fully saturated rings. The lowest BCUT2D eigenvalue weighted by atomic mass is 10.2. The Balaban J connectivity index is 2.04. The van der Waals surface area contributed by atoms with Crippen LogP contribution in [0.15, 0.2) is 36.5 Å². The molecule has 5 nitrogen and oxygen atoms in total. The van der Waals surface area contributed by atoms with Crippen molar-refractivity contribution >= 4 is 17.5 Å². The molecule has 1 aromatic carbocycles. The predicted molar refractivity (Wildman–Crippen MR) is 93.9 cm³/mol. The summed E-state index contributed by atoms with van der Waals surface area (Å²) in [6.07, 6.45) is 1.32. The van der Waals surface area contributed by atoms with Gasteiger partial charge in [-0.25, -0.2) is 4.98 Å². The molecule has 0 saturated carbocycles. The van der Waals surface area contributed by atoms with Crippen LogP contribution in [0.5, 0.6) is 11.6 Å². The normalized spacial score (nSPS) is 10.9. The highest BCUT2D eigenvalue weighted by molar-refractivity contribution is 6.32. The number of carbonyl (C=O) groups excluding carboxylic acids is 1. The molecule has 2 rings (SSSR count). The standard InChI is InChI=1S/C18H19ClF2N2O3/c1-11(2)25-16-15(19)8-13(9-22-16)17(24)23(3)10-12-4-6-14(7-5-12)26-18(20)21/h4-9,11,18H,10H2,1-3H3. The van der Waals surface area contributed by atoms with Crippen LogP contribution in [0.4, 0.5) is 8.78 Å². The number of pyridine rings is 1. The van der Waals surface area contributed by atoms with E-state index in [4.69, 9.17) is 16.3 Å². The highest BCUT2D eigenvalue weighted by atomic mass is 35.5. The van der Waals surface area contributed by atoms with Gasteiger partial charge in [-0.3, -0.25) is 4.79 Å². The molecule has 0 N–H and O–H groups in total. The summed E-state index contributed by atoms with van der Waals surface area (Å²) in [7, 11) is 1.62. The number of halogens is 3. The van der Waals surface area contributed by atoms with Gasteiger partial charge in [0, 0.05) is 19.8 Å². The van der Waals surface area contributed by atoms with Crippen molar-refractivity contribution in [3.63, 3.8) is 0 Å². The van der Waals surface area contributed by atoms with Gasteiger partial charge >= 0.3 is 6.61 Å². The average Bonchev–Trinajstić information content (AvgIpc) is 2.57. The van der Waals surface area contributed by atoms with Gasteiger partial charge in [0.25, 0.3) is 5.91 Å². The first kappa shape index (κ1) is 19.9. The molecule has 1 amide bonds. The molecule has 0 aliphatic rings.